The van der Waals surface area contributed by atoms with Crippen LogP contribution in [0.25, 0.3) is 0 Å². The molecule has 0 fully saturated rings. The molecule has 0 radical (unpaired) electrons. The van der Waals surface area contributed by atoms with Gasteiger partial charge < -0.3 is 5.32 Å². The number of hydrogen-bond acceptors (Lipinski definition) is 3. The summed E-state index contributed by atoms with van der Waals surface area (Å²) < 4.78 is 14.1. The number of nitrogens with zero attached hydrogens (tertiary/aromatic N) is 1. The van der Waals surface area contributed by atoms with Gasteiger partial charge in [0.15, 0.2) is 0 Å². The minimum atomic E-state index is -0.546. The van der Waals surface area contributed by atoms with Crippen LogP contribution >= 0.6 is 27.5 Å². The van der Waals surface area contributed by atoms with Crippen LogP contribution in [0.15, 0.2) is 40.9 Å². The van der Waals surface area contributed by atoms with Crippen LogP contribution in [0.1, 0.15) is 0 Å². The van der Waals surface area contributed by atoms with E-state index < -0.39 is 10.7 Å². The van der Waals surface area contributed by atoms with Crippen molar-refractivity contribution in [1.29, 1.82) is 0 Å². The van der Waals surface area contributed by atoms with Crippen LogP contribution < -0.4 is 5.32 Å². The van der Waals surface area contributed by atoms with Crippen molar-refractivity contribution < 1.29 is 9.31 Å². The lowest BCUT2D eigenvalue weighted by molar-refractivity contribution is -0.384. The Kier molecular flexibility index (Phi) is 4.01. The van der Waals surface area contributed by atoms with Gasteiger partial charge in [-0.05, 0) is 30.3 Å². The fourth-order valence-electron chi connectivity index (χ4n) is 1.50. The molecule has 0 heterocycles. The normalized spacial score (nSPS) is 10.3. The Bertz CT molecular complexity index is 652. The van der Waals surface area contributed by atoms with Gasteiger partial charge in [0.25, 0.3) is 5.69 Å². The van der Waals surface area contributed by atoms with Gasteiger partial charge in [0.2, 0.25) is 0 Å². The molecule has 0 saturated carbocycles. The van der Waals surface area contributed by atoms with E-state index in [-0.39, 0.29) is 17.1 Å². The average molecular weight is 346 g/mol. The Morgan fingerprint density at radius 2 is 1.95 bits per heavy atom. The molecule has 1 N–H and O–H groups in total. The standard InChI is InChI=1S/C12H7BrClFN2O2/c13-7-1-4-10(12(5-7)17(18)19)16-11-6-8(14)2-3-9(11)15/h1-6,16H. The quantitative estimate of drug-likeness (QED) is 0.636. The molecular weight excluding hydrogens is 338 g/mol. The van der Waals surface area contributed by atoms with Crippen LogP contribution in [0.2, 0.25) is 5.02 Å². The molecule has 4 nitrogen and oxygen atoms in total. The molecule has 2 aromatic rings. The molecule has 0 amide bonds. The number of hydrogen-bond donors (Lipinski definition) is 1. The van der Waals surface area contributed by atoms with E-state index in [4.69, 9.17) is 11.6 Å². The van der Waals surface area contributed by atoms with Crippen molar-refractivity contribution in [3.8, 4) is 0 Å². The summed E-state index contributed by atoms with van der Waals surface area (Å²) >= 11 is 8.91. The lowest BCUT2D eigenvalue weighted by atomic mass is 10.2. The zero-order valence-corrected chi connectivity index (χ0v) is 11.7. The second kappa shape index (κ2) is 5.54. The first-order valence-electron chi connectivity index (χ1n) is 5.13. The third-order valence-corrected chi connectivity index (χ3v) is 3.08. The van der Waals surface area contributed by atoms with Gasteiger partial charge in [0, 0.05) is 15.6 Å². The third kappa shape index (κ3) is 3.21. The topological polar surface area (TPSA) is 55.2 Å². The first-order chi connectivity index (χ1) is 8.97. The maximum atomic E-state index is 13.6. The summed E-state index contributed by atoms with van der Waals surface area (Å²) in [6.45, 7) is 0. The minimum Gasteiger partial charge on any atom is -0.347 e. The van der Waals surface area contributed by atoms with E-state index >= 15 is 0 Å². The van der Waals surface area contributed by atoms with Crippen molar-refractivity contribution in [2.24, 2.45) is 0 Å². The highest BCUT2D eigenvalue weighted by atomic mass is 79.9. The molecule has 0 aliphatic carbocycles. The fraction of sp³-hybridized carbons (Fsp3) is 0. The van der Waals surface area contributed by atoms with E-state index in [1.165, 1.54) is 30.3 Å². The van der Waals surface area contributed by atoms with Gasteiger partial charge in [-0.15, -0.1) is 0 Å². The van der Waals surface area contributed by atoms with Gasteiger partial charge in [-0.3, -0.25) is 10.1 Å². The molecule has 2 aromatic carbocycles. The van der Waals surface area contributed by atoms with Crippen molar-refractivity contribution in [2.75, 3.05) is 5.32 Å². The van der Waals surface area contributed by atoms with Crippen molar-refractivity contribution in [2.45, 2.75) is 0 Å². The monoisotopic (exact) mass is 344 g/mol. The van der Waals surface area contributed by atoms with E-state index in [0.29, 0.717) is 9.50 Å². The maximum Gasteiger partial charge on any atom is 0.293 e. The number of halogens is 3. The summed E-state index contributed by atoms with van der Waals surface area (Å²) in [5.41, 5.74) is 0.112. The zero-order chi connectivity index (χ0) is 14.0. The SMILES string of the molecule is O=[N+]([O-])c1cc(Br)ccc1Nc1cc(Cl)ccc1F. The van der Waals surface area contributed by atoms with Gasteiger partial charge in [0.1, 0.15) is 11.5 Å². The van der Waals surface area contributed by atoms with Crippen LogP contribution in [0.4, 0.5) is 21.5 Å². The van der Waals surface area contributed by atoms with Gasteiger partial charge in [-0.2, -0.15) is 0 Å². The maximum absolute atomic E-state index is 13.6. The van der Waals surface area contributed by atoms with Crippen LogP contribution in [-0.2, 0) is 0 Å². The Morgan fingerprint density at radius 3 is 2.63 bits per heavy atom. The Hall–Kier alpha value is -1.66. The molecule has 98 valence electrons. The summed E-state index contributed by atoms with van der Waals surface area (Å²) in [5.74, 6) is -0.540. The summed E-state index contributed by atoms with van der Waals surface area (Å²) in [7, 11) is 0. The summed E-state index contributed by atoms with van der Waals surface area (Å²) in [6, 6.07) is 8.40. The molecular formula is C12H7BrClFN2O2. The molecule has 0 bridgehead atoms. The van der Waals surface area contributed by atoms with Crippen molar-refractivity contribution in [3.05, 3.63) is 61.8 Å². The molecule has 0 saturated heterocycles. The molecule has 0 spiro atoms. The summed E-state index contributed by atoms with van der Waals surface area (Å²) in [4.78, 5) is 10.4. The van der Waals surface area contributed by atoms with E-state index in [1.807, 2.05) is 0 Å². The number of nitro groups is 1. The lowest BCUT2D eigenvalue weighted by Crippen LogP contribution is -1.98. The Morgan fingerprint density at radius 1 is 1.21 bits per heavy atom. The summed E-state index contributed by atoms with van der Waals surface area (Å²) in [6.07, 6.45) is 0. The van der Waals surface area contributed by atoms with Crippen LogP contribution in [-0.4, -0.2) is 4.92 Å². The van der Waals surface area contributed by atoms with E-state index in [1.54, 1.807) is 6.07 Å². The summed E-state index contributed by atoms with van der Waals surface area (Å²) in [5, 5.41) is 13.9. The van der Waals surface area contributed by atoms with Crippen LogP contribution in [0, 0.1) is 15.9 Å². The molecule has 0 atom stereocenters. The van der Waals surface area contributed by atoms with Crippen molar-refractivity contribution in [3.63, 3.8) is 0 Å². The molecule has 2 rings (SSSR count). The van der Waals surface area contributed by atoms with Gasteiger partial charge in [0.05, 0.1) is 10.6 Å². The lowest BCUT2D eigenvalue weighted by Gasteiger charge is -2.08. The second-order valence-corrected chi connectivity index (χ2v) is 5.02. The molecule has 0 aromatic heterocycles. The number of rotatable bonds is 3. The number of anilines is 2. The number of nitro benzene ring substituents is 1. The molecule has 0 unspecified atom stereocenters. The highest BCUT2D eigenvalue weighted by Gasteiger charge is 2.15. The first kappa shape index (κ1) is 13.8. The largest absolute Gasteiger partial charge is 0.347 e. The first-order valence-corrected chi connectivity index (χ1v) is 6.30. The molecule has 0 aliphatic heterocycles. The molecule has 0 aliphatic rings. The van der Waals surface area contributed by atoms with Gasteiger partial charge >= 0.3 is 0 Å². The van der Waals surface area contributed by atoms with Crippen LogP contribution in [0.3, 0.4) is 0 Å². The molecule has 7 heteroatoms. The Labute approximate surface area is 121 Å². The fourth-order valence-corrected chi connectivity index (χ4v) is 2.02. The third-order valence-electron chi connectivity index (χ3n) is 2.35. The van der Waals surface area contributed by atoms with Gasteiger partial charge in [-0.1, -0.05) is 27.5 Å². The Balaban J connectivity index is 2.43. The average Bonchev–Trinajstić information content (AvgIpc) is 2.35. The number of nitrogens with one attached hydrogen (secondary N) is 1. The number of benzene rings is 2. The predicted molar refractivity (Wildman–Crippen MR) is 75.5 cm³/mol. The predicted octanol–water partition coefficient (Wildman–Crippen LogP) is 4.89. The highest BCUT2D eigenvalue weighted by Crippen LogP contribution is 2.32. The zero-order valence-electron chi connectivity index (χ0n) is 9.36. The smallest absolute Gasteiger partial charge is 0.293 e. The second-order valence-electron chi connectivity index (χ2n) is 3.67. The van der Waals surface area contributed by atoms with E-state index in [2.05, 4.69) is 21.2 Å². The van der Waals surface area contributed by atoms with E-state index in [0.717, 1.165) is 0 Å². The minimum absolute atomic E-state index is 0.0814. The molecule has 19 heavy (non-hydrogen) atoms. The van der Waals surface area contributed by atoms with Crippen molar-refractivity contribution >= 4 is 44.6 Å². The highest BCUT2D eigenvalue weighted by molar-refractivity contribution is 9.10. The van der Waals surface area contributed by atoms with Crippen LogP contribution in [0.5, 0.6) is 0 Å². The van der Waals surface area contributed by atoms with Crippen molar-refractivity contribution in [1.82, 2.24) is 0 Å². The van der Waals surface area contributed by atoms with E-state index in [9.17, 15) is 14.5 Å². The van der Waals surface area contributed by atoms with Gasteiger partial charge in [-0.25, -0.2) is 4.39 Å².